The van der Waals surface area contributed by atoms with Gasteiger partial charge in [-0.1, -0.05) is 59.6 Å². The molecule has 0 aromatic rings. The number of rotatable bonds is 2. The molecule has 0 bridgehead atoms. The predicted molar refractivity (Wildman–Crippen MR) is 138 cm³/mol. The van der Waals surface area contributed by atoms with E-state index in [0.29, 0.717) is 35.2 Å². The van der Waals surface area contributed by atoms with Crippen molar-refractivity contribution < 1.29 is 13.9 Å². The second kappa shape index (κ2) is 7.43. The van der Waals surface area contributed by atoms with Crippen LogP contribution in [-0.4, -0.2) is 32.4 Å². The van der Waals surface area contributed by atoms with Crippen molar-refractivity contribution in [3.05, 3.63) is 12.2 Å². The van der Waals surface area contributed by atoms with Crippen LogP contribution in [0.4, 0.5) is 0 Å². The molecule has 33 heavy (non-hydrogen) atoms. The molecule has 5 aliphatic rings. The van der Waals surface area contributed by atoms with E-state index in [2.05, 4.69) is 61.6 Å². The van der Waals surface area contributed by atoms with Crippen LogP contribution < -0.4 is 0 Å². The molecular formula is C29H50O3Si. The molecule has 5 fully saturated rings. The quantitative estimate of drug-likeness (QED) is 0.303. The lowest BCUT2D eigenvalue weighted by atomic mass is 9.43. The van der Waals surface area contributed by atoms with Crippen LogP contribution in [0.1, 0.15) is 93.4 Å². The highest BCUT2D eigenvalue weighted by molar-refractivity contribution is 6.74. The molecule has 0 amide bonds. The Hall–Kier alpha value is -0.163. The number of ether oxygens (including phenoxy) is 2. The van der Waals surface area contributed by atoms with Gasteiger partial charge in [-0.3, -0.25) is 0 Å². The highest BCUT2D eigenvalue weighted by Crippen LogP contribution is 2.70. The topological polar surface area (TPSA) is 27.7 Å². The van der Waals surface area contributed by atoms with E-state index in [-0.39, 0.29) is 22.7 Å². The summed E-state index contributed by atoms with van der Waals surface area (Å²) in [5.74, 6) is 1.82. The van der Waals surface area contributed by atoms with Crippen molar-refractivity contribution in [2.45, 2.75) is 136 Å². The maximum absolute atomic E-state index is 7.17. The van der Waals surface area contributed by atoms with Gasteiger partial charge in [0.2, 0.25) is 0 Å². The average molecular weight is 475 g/mol. The molecule has 9 atom stereocenters. The van der Waals surface area contributed by atoms with Crippen molar-refractivity contribution in [3.8, 4) is 0 Å². The summed E-state index contributed by atoms with van der Waals surface area (Å²) in [6.07, 6.45) is 9.64. The lowest BCUT2D eigenvalue weighted by Crippen LogP contribution is -2.63. The number of hydrogen-bond donors (Lipinski definition) is 0. The number of fused-ring (bicyclic) bond motifs is 8. The molecule has 3 nitrogen and oxygen atoms in total. The molecule has 0 aromatic carbocycles. The second-order valence-electron chi connectivity index (χ2n) is 14.9. The predicted octanol–water partition coefficient (Wildman–Crippen LogP) is 7.72. The standard InChI is InChI=1S/C29H50O3Si/c1-18-17-29(8)19(14-15-21(29)32-33(9,10)26(2,3)4)22-23(18)28(7)16-12-11-13-20(28)24-25(22)31-27(5,6)30-24/h19-25H,1,11-17H2,2-10H3/t19?,20?,21-,22?,23?,24+,25+,28-,29-/m0/s1. The third-order valence-corrected chi connectivity index (χ3v) is 15.9. The lowest BCUT2D eigenvalue weighted by Gasteiger charge is -2.63. The van der Waals surface area contributed by atoms with Gasteiger partial charge in [0.15, 0.2) is 14.1 Å². The summed E-state index contributed by atoms with van der Waals surface area (Å²) < 4.78 is 20.7. The molecule has 0 aromatic heterocycles. The first-order valence-electron chi connectivity index (χ1n) is 13.8. The molecule has 0 radical (unpaired) electrons. The zero-order valence-corrected chi connectivity index (χ0v) is 23.9. The molecule has 1 saturated heterocycles. The summed E-state index contributed by atoms with van der Waals surface area (Å²) in [7, 11) is -1.84. The molecule has 1 heterocycles. The van der Waals surface area contributed by atoms with Crippen LogP contribution in [0.2, 0.25) is 18.1 Å². The van der Waals surface area contributed by atoms with E-state index >= 15 is 0 Å². The Kier molecular flexibility index (Phi) is 5.52. The van der Waals surface area contributed by atoms with Crippen molar-refractivity contribution >= 4 is 8.32 Å². The summed E-state index contributed by atoms with van der Waals surface area (Å²) in [4.78, 5) is 0. The SMILES string of the molecule is C=C1C[C@@]2(C)C(CC[C@@H]2O[Si](C)(C)C(C)(C)C)C2C1[C@@]1(C)CCCCC1[C@H]1OC(C)(C)O[C@H]21. The van der Waals surface area contributed by atoms with Gasteiger partial charge in [0.1, 0.15) is 0 Å². The molecule has 4 aliphatic carbocycles. The van der Waals surface area contributed by atoms with Crippen molar-refractivity contribution in [3.63, 3.8) is 0 Å². The minimum Gasteiger partial charge on any atom is -0.413 e. The molecule has 4 saturated carbocycles. The van der Waals surface area contributed by atoms with E-state index in [4.69, 9.17) is 20.5 Å². The highest BCUT2D eigenvalue weighted by Gasteiger charge is 2.69. The molecule has 4 unspecified atom stereocenters. The fourth-order valence-electron chi connectivity index (χ4n) is 9.00. The Bertz CT molecular complexity index is 812. The molecule has 1 aliphatic heterocycles. The molecule has 4 heteroatoms. The van der Waals surface area contributed by atoms with Crippen LogP contribution in [0, 0.1) is 34.5 Å². The summed E-state index contributed by atoms with van der Waals surface area (Å²) in [5, 5.41) is 0.237. The highest BCUT2D eigenvalue weighted by atomic mass is 28.4. The van der Waals surface area contributed by atoms with Crippen molar-refractivity contribution in [2.75, 3.05) is 0 Å². The molecule has 0 N–H and O–H groups in total. The second-order valence-corrected chi connectivity index (χ2v) is 19.6. The normalized spacial score (nSPS) is 49.2. The fourth-order valence-corrected chi connectivity index (χ4v) is 10.4. The summed E-state index contributed by atoms with van der Waals surface area (Å²) >= 11 is 0. The van der Waals surface area contributed by atoms with Crippen molar-refractivity contribution in [2.24, 2.45) is 34.5 Å². The third-order valence-electron chi connectivity index (χ3n) is 11.4. The van der Waals surface area contributed by atoms with E-state index in [0.717, 1.165) is 6.42 Å². The Balaban J connectivity index is 1.53. The van der Waals surface area contributed by atoms with Gasteiger partial charge in [-0.05, 0) is 98.6 Å². The monoisotopic (exact) mass is 474 g/mol. The van der Waals surface area contributed by atoms with Gasteiger partial charge in [0, 0.05) is 0 Å². The van der Waals surface area contributed by atoms with Gasteiger partial charge < -0.3 is 13.9 Å². The van der Waals surface area contributed by atoms with E-state index < -0.39 is 14.1 Å². The maximum Gasteiger partial charge on any atom is 0.192 e. The van der Waals surface area contributed by atoms with Gasteiger partial charge in [-0.2, -0.15) is 0 Å². The van der Waals surface area contributed by atoms with Crippen LogP contribution in [0.5, 0.6) is 0 Å². The van der Waals surface area contributed by atoms with Gasteiger partial charge >= 0.3 is 0 Å². The average Bonchev–Trinajstić information content (AvgIpc) is 3.15. The van der Waals surface area contributed by atoms with E-state index in [1.165, 1.54) is 44.1 Å². The largest absolute Gasteiger partial charge is 0.413 e. The molecular weight excluding hydrogens is 424 g/mol. The van der Waals surface area contributed by atoms with Crippen molar-refractivity contribution in [1.29, 1.82) is 0 Å². The minimum atomic E-state index is -1.84. The number of allylic oxidation sites excluding steroid dienone is 1. The van der Waals surface area contributed by atoms with Crippen LogP contribution in [0.15, 0.2) is 12.2 Å². The van der Waals surface area contributed by atoms with Gasteiger partial charge in [0.25, 0.3) is 0 Å². The van der Waals surface area contributed by atoms with Gasteiger partial charge in [0.05, 0.1) is 18.3 Å². The smallest absolute Gasteiger partial charge is 0.192 e. The molecule has 5 rings (SSSR count). The summed E-state index contributed by atoms with van der Waals surface area (Å²) in [5.41, 5.74) is 1.95. The van der Waals surface area contributed by atoms with Crippen molar-refractivity contribution in [1.82, 2.24) is 0 Å². The summed E-state index contributed by atoms with van der Waals surface area (Å²) in [6.45, 7) is 26.2. The Morgan fingerprint density at radius 1 is 0.909 bits per heavy atom. The molecule has 188 valence electrons. The van der Waals surface area contributed by atoms with Gasteiger partial charge in [-0.25, -0.2) is 0 Å². The van der Waals surface area contributed by atoms with E-state index in [1.807, 2.05) is 0 Å². The minimum absolute atomic E-state index is 0.159. The van der Waals surface area contributed by atoms with Crippen LogP contribution in [0.25, 0.3) is 0 Å². The van der Waals surface area contributed by atoms with Gasteiger partial charge in [-0.15, -0.1) is 0 Å². The first-order valence-corrected chi connectivity index (χ1v) is 16.7. The Labute approximate surface area is 204 Å². The fraction of sp³-hybridized carbons (Fsp3) is 0.931. The lowest BCUT2D eigenvalue weighted by molar-refractivity contribution is -0.162. The van der Waals surface area contributed by atoms with E-state index in [9.17, 15) is 0 Å². The zero-order chi connectivity index (χ0) is 24.2. The Morgan fingerprint density at radius 3 is 2.24 bits per heavy atom. The van der Waals surface area contributed by atoms with Crippen LogP contribution in [-0.2, 0) is 13.9 Å². The zero-order valence-electron chi connectivity index (χ0n) is 22.9. The summed E-state index contributed by atoms with van der Waals surface area (Å²) in [6, 6.07) is 0. The number of hydrogen-bond acceptors (Lipinski definition) is 3. The van der Waals surface area contributed by atoms with E-state index in [1.54, 1.807) is 0 Å². The first-order chi connectivity index (χ1) is 15.1. The maximum atomic E-state index is 7.17. The molecule has 0 spiro atoms. The van der Waals surface area contributed by atoms with Crippen LogP contribution >= 0.6 is 0 Å². The first kappa shape index (κ1) is 24.5. The van der Waals surface area contributed by atoms with Crippen LogP contribution in [0.3, 0.4) is 0 Å². The third kappa shape index (κ3) is 3.51. The Morgan fingerprint density at radius 2 is 1.58 bits per heavy atom.